The van der Waals surface area contributed by atoms with Crippen LogP contribution >= 0.6 is 0 Å². The second-order valence-corrected chi connectivity index (χ2v) is 9.15. The second-order valence-electron chi connectivity index (χ2n) is 9.15. The Morgan fingerprint density at radius 2 is 1.77 bits per heavy atom. The number of rotatable bonds is 7. The van der Waals surface area contributed by atoms with Crippen molar-refractivity contribution in [2.24, 2.45) is 5.92 Å². The molecule has 0 radical (unpaired) electrons. The maximum atomic E-state index is 13.5. The van der Waals surface area contributed by atoms with Gasteiger partial charge in [0.1, 0.15) is 6.04 Å². The zero-order valence-electron chi connectivity index (χ0n) is 20.3. The molecule has 5 rings (SSSR count). The maximum absolute atomic E-state index is 13.5. The van der Waals surface area contributed by atoms with E-state index in [9.17, 15) is 4.79 Å². The molecule has 0 amide bonds. The first kappa shape index (κ1) is 23.0. The summed E-state index contributed by atoms with van der Waals surface area (Å²) in [6.45, 7) is 4.54. The molecule has 0 spiro atoms. The van der Waals surface area contributed by atoms with Crippen molar-refractivity contribution in [3.8, 4) is 11.5 Å². The molecule has 0 bridgehead atoms. The largest absolute Gasteiger partial charge is 0.493 e. The summed E-state index contributed by atoms with van der Waals surface area (Å²) in [5, 5.41) is 13.6. The molecule has 2 aromatic heterocycles. The molecule has 0 aliphatic carbocycles. The molecule has 1 aliphatic heterocycles. The number of methoxy groups -OCH3 is 2. The summed E-state index contributed by atoms with van der Waals surface area (Å²) in [6, 6.07) is 15.3. The van der Waals surface area contributed by atoms with E-state index in [2.05, 4.69) is 32.3 Å². The van der Waals surface area contributed by atoms with E-state index in [0.29, 0.717) is 40.9 Å². The van der Waals surface area contributed by atoms with Gasteiger partial charge in [-0.15, -0.1) is 5.10 Å². The van der Waals surface area contributed by atoms with Crippen LogP contribution < -0.4 is 15.0 Å². The van der Waals surface area contributed by atoms with Crippen LogP contribution in [0.3, 0.4) is 0 Å². The number of hydrogen-bond acceptors (Lipinski definition) is 7. The van der Waals surface area contributed by atoms with Gasteiger partial charge in [0, 0.05) is 17.0 Å². The van der Waals surface area contributed by atoms with Gasteiger partial charge in [0.15, 0.2) is 17.3 Å². The van der Waals surface area contributed by atoms with Gasteiger partial charge in [-0.05, 0) is 60.0 Å². The maximum Gasteiger partial charge on any atom is 0.253 e. The molecular weight excluding hydrogens is 444 g/mol. The van der Waals surface area contributed by atoms with E-state index in [1.54, 1.807) is 25.0 Å². The van der Waals surface area contributed by atoms with Crippen LogP contribution in [0.2, 0.25) is 0 Å². The number of ether oxygens (including phenoxy) is 2. The normalized spacial score (nSPS) is 15.9. The Hall–Kier alpha value is -3.72. The molecule has 9 nitrogen and oxygen atoms in total. The third-order valence-corrected chi connectivity index (χ3v) is 6.83. The van der Waals surface area contributed by atoms with Crippen LogP contribution in [0.15, 0.2) is 53.3 Å². The molecule has 1 atom stereocenters. The minimum absolute atomic E-state index is 0.164. The first-order chi connectivity index (χ1) is 17.1. The average molecular weight is 475 g/mol. The van der Waals surface area contributed by atoms with Crippen molar-refractivity contribution >= 4 is 10.9 Å². The van der Waals surface area contributed by atoms with Gasteiger partial charge >= 0.3 is 0 Å². The average Bonchev–Trinajstić information content (AvgIpc) is 3.33. The Morgan fingerprint density at radius 3 is 2.49 bits per heavy atom. The third-order valence-electron chi connectivity index (χ3n) is 6.83. The number of H-pyrrole nitrogens is 1. The van der Waals surface area contributed by atoms with Crippen molar-refractivity contribution in [1.82, 2.24) is 30.1 Å². The minimum Gasteiger partial charge on any atom is -0.493 e. The van der Waals surface area contributed by atoms with E-state index in [-0.39, 0.29) is 11.6 Å². The molecule has 4 aromatic rings. The number of hydrogen-bond donors (Lipinski definition) is 1. The smallest absolute Gasteiger partial charge is 0.253 e. The van der Waals surface area contributed by atoms with Gasteiger partial charge in [-0.1, -0.05) is 37.3 Å². The van der Waals surface area contributed by atoms with Crippen LogP contribution in [0, 0.1) is 5.92 Å². The number of aromatic nitrogens is 5. The topological polar surface area (TPSA) is 98.2 Å². The van der Waals surface area contributed by atoms with Crippen molar-refractivity contribution in [3.05, 3.63) is 75.8 Å². The fraction of sp³-hybridized carbons (Fsp3) is 0.385. The predicted octanol–water partition coefficient (Wildman–Crippen LogP) is 3.40. The van der Waals surface area contributed by atoms with Gasteiger partial charge in [-0.25, -0.2) is 4.68 Å². The highest BCUT2D eigenvalue weighted by atomic mass is 16.5. The quantitative estimate of drug-likeness (QED) is 0.438. The summed E-state index contributed by atoms with van der Waals surface area (Å²) in [5.41, 5.74) is 2.23. The summed E-state index contributed by atoms with van der Waals surface area (Å²) in [6.07, 6.45) is 2.13. The number of nitrogens with zero attached hydrogens (tertiary/aromatic N) is 5. The lowest BCUT2D eigenvalue weighted by molar-refractivity contribution is 0.149. The first-order valence-corrected chi connectivity index (χ1v) is 11.9. The lowest BCUT2D eigenvalue weighted by Gasteiger charge is -2.35. The first-order valence-electron chi connectivity index (χ1n) is 11.9. The SMILES string of the molecule is COc1cc2cc([C@@H](c3nnnn3Cc3ccccc3)N3CCC(C)CC3)c(=O)[nH]c2cc1OC. The lowest BCUT2D eigenvalue weighted by Crippen LogP contribution is -2.40. The Morgan fingerprint density at radius 1 is 1.06 bits per heavy atom. The number of benzene rings is 2. The van der Waals surface area contributed by atoms with Crippen molar-refractivity contribution in [2.75, 3.05) is 27.3 Å². The van der Waals surface area contributed by atoms with Crippen molar-refractivity contribution in [3.63, 3.8) is 0 Å². The molecule has 1 fully saturated rings. The Balaban J connectivity index is 1.63. The van der Waals surface area contributed by atoms with Crippen LogP contribution in [0.5, 0.6) is 11.5 Å². The number of pyridine rings is 1. The Labute approximate surface area is 203 Å². The van der Waals surface area contributed by atoms with Crippen molar-refractivity contribution < 1.29 is 9.47 Å². The molecular formula is C26H30N6O3. The molecule has 2 aromatic carbocycles. The predicted molar refractivity (Wildman–Crippen MR) is 133 cm³/mol. The van der Waals surface area contributed by atoms with Crippen molar-refractivity contribution in [1.29, 1.82) is 0 Å². The molecule has 1 N–H and O–H groups in total. The highest BCUT2D eigenvalue weighted by molar-refractivity contribution is 5.83. The van der Waals surface area contributed by atoms with Gasteiger partial charge in [-0.2, -0.15) is 0 Å². The number of fused-ring (bicyclic) bond motifs is 1. The van der Waals surface area contributed by atoms with Crippen LogP contribution in [0.1, 0.15) is 42.8 Å². The summed E-state index contributed by atoms with van der Waals surface area (Å²) in [5.74, 6) is 2.49. The third kappa shape index (κ3) is 4.64. The molecule has 1 saturated heterocycles. The molecule has 0 unspecified atom stereocenters. The fourth-order valence-electron chi connectivity index (χ4n) is 4.82. The van der Waals surface area contributed by atoms with Crippen LogP contribution in [0.25, 0.3) is 10.9 Å². The Bertz CT molecular complexity index is 1360. The van der Waals surface area contributed by atoms with Crippen molar-refractivity contribution in [2.45, 2.75) is 32.4 Å². The number of nitrogens with one attached hydrogen (secondary N) is 1. The van der Waals surface area contributed by atoms with Crippen LogP contribution in [0.4, 0.5) is 0 Å². The number of aromatic amines is 1. The summed E-state index contributed by atoms with van der Waals surface area (Å²) in [4.78, 5) is 18.8. The van der Waals surface area contributed by atoms with Gasteiger partial charge < -0.3 is 14.5 Å². The van der Waals surface area contributed by atoms with E-state index in [1.807, 2.05) is 42.5 Å². The van der Waals surface area contributed by atoms with Gasteiger partial charge in [0.05, 0.1) is 26.3 Å². The van der Waals surface area contributed by atoms with E-state index in [0.717, 1.165) is 36.9 Å². The summed E-state index contributed by atoms with van der Waals surface area (Å²) >= 11 is 0. The number of piperidine rings is 1. The minimum atomic E-state index is -0.373. The van der Waals surface area contributed by atoms with Gasteiger partial charge in [0.2, 0.25) is 0 Å². The molecule has 1 aliphatic rings. The molecule has 9 heteroatoms. The number of tetrazole rings is 1. The standard InChI is InChI=1S/C26H30N6O3/c1-17-9-11-31(12-10-17)24(25-28-29-30-32(25)16-18-7-5-4-6-8-18)20-13-19-14-22(34-2)23(35-3)15-21(19)27-26(20)33/h4-8,13-15,17,24H,9-12,16H2,1-3H3,(H,27,33)/t24-/m0/s1. The number of likely N-dealkylation sites (tertiary alicyclic amines) is 1. The van der Waals surface area contributed by atoms with E-state index in [1.165, 1.54) is 0 Å². The van der Waals surface area contributed by atoms with Crippen LogP contribution in [-0.2, 0) is 6.54 Å². The fourth-order valence-corrected chi connectivity index (χ4v) is 4.82. The summed E-state index contributed by atoms with van der Waals surface area (Å²) < 4.78 is 12.7. The lowest BCUT2D eigenvalue weighted by atomic mass is 9.95. The van der Waals surface area contributed by atoms with Crippen LogP contribution in [-0.4, -0.2) is 57.4 Å². The zero-order valence-corrected chi connectivity index (χ0v) is 20.3. The molecule has 0 saturated carbocycles. The monoisotopic (exact) mass is 474 g/mol. The Kier molecular flexibility index (Phi) is 6.50. The highest BCUT2D eigenvalue weighted by Gasteiger charge is 2.32. The molecule has 35 heavy (non-hydrogen) atoms. The van der Waals surface area contributed by atoms with E-state index < -0.39 is 0 Å². The highest BCUT2D eigenvalue weighted by Crippen LogP contribution is 2.34. The zero-order chi connectivity index (χ0) is 24.4. The second kappa shape index (κ2) is 9.87. The molecule has 3 heterocycles. The van der Waals surface area contributed by atoms with Gasteiger partial charge in [0.25, 0.3) is 5.56 Å². The summed E-state index contributed by atoms with van der Waals surface area (Å²) in [7, 11) is 3.18. The molecule has 182 valence electrons. The van der Waals surface area contributed by atoms with E-state index in [4.69, 9.17) is 9.47 Å². The van der Waals surface area contributed by atoms with E-state index >= 15 is 0 Å². The van der Waals surface area contributed by atoms with Gasteiger partial charge in [-0.3, -0.25) is 9.69 Å².